The van der Waals surface area contributed by atoms with E-state index >= 15 is 0 Å². The molecule has 0 fully saturated rings. The van der Waals surface area contributed by atoms with E-state index in [0.29, 0.717) is 25.7 Å². The zero-order valence-electron chi connectivity index (χ0n) is 29.9. The first-order valence-corrected chi connectivity index (χ1v) is 18.5. The molecule has 0 aromatic carbocycles. The van der Waals surface area contributed by atoms with Crippen LogP contribution < -0.4 is 0 Å². The Balaban J connectivity index is 5.75. The average Bonchev–Trinajstić information content (AvgIpc) is 3.12. The van der Waals surface area contributed by atoms with Crippen LogP contribution in [0.3, 0.4) is 0 Å². The molecule has 10 unspecified atom stereocenters. The summed E-state index contributed by atoms with van der Waals surface area (Å²) < 4.78 is 5.24. The molecule has 0 amide bonds. The van der Waals surface area contributed by atoms with Gasteiger partial charge in [-0.25, -0.2) is 0 Å². The summed E-state index contributed by atoms with van der Waals surface area (Å²) in [4.78, 5) is 13.4. The number of rotatable bonds is 34. The monoisotopic (exact) mass is 726 g/mol. The maximum absolute atomic E-state index is 13.4. The van der Waals surface area contributed by atoms with Crippen molar-refractivity contribution in [3.8, 4) is 0 Å². The van der Waals surface area contributed by atoms with Crippen molar-refractivity contribution in [1.29, 1.82) is 0 Å². The molecular weight excluding hydrogens is 656 g/mol. The van der Waals surface area contributed by atoms with E-state index < -0.39 is 106 Å². The fourth-order valence-corrected chi connectivity index (χ4v) is 6.56. The van der Waals surface area contributed by atoms with Gasteiger partial charge in [0.05, 0.1) is 76.1 Å². The molecule has 0 aliphatic heterocycles. The Hall–Kier alpha value is -1.27. The summed E-state index contributed by atoms with van der Waals surface area (Å²) in [5.41, 5.74) is 0. The van der Waals surface area contributed by atoms with Gasteiger partial charge in [-0.05, 0) is 82.0 Å². The molecule has 0 rings (SSSR count). The molecule has 50 heavy (non-hydrogen) atoms. The molecule has 10 atom stereocenters. The smallest absolute Gasteiger partial charge is 0.309 e. The van der Waals surface area contributed by atoms with Crippen molar-refractivity contribution < 1.29 is 70.8 Å². The van der Waals surface area contributed by atoms with Gasteiger partial charge in [-0.2, -0.15) is 0 Å². The first-order chi connectivity index (χ1) is 24.0. The van der Waals surface area contributed by atoms with E-state index in [1.165, 1.54) is 0 Å². The maximum Gasteiger partial charge on any atom is 0.309 e. The van der Waals surface area contributed by atoms with Crippen molar-refractivity contribution >= 4 is 5.97 Å². The third-order valence-corrected chi connectivity index (χ3v) is 9.37. The van der Waals surface area contributed by atoms with Gasteiger partial charge in [-0.15, -0.1) is 0 Å². The van der Waals surface area contributed by atoms with Crippen LogP contribution in [0.15, 0.2) is 12.2 Å². The lowest BCUT2D eigenvalue weighted by Gasteiger charge is -2.40. The van der Waals surface area contributed by atoms with Gasteiger partial charge >= 0.3 is 5.97 Å². The third-order valence-electron chi connectivity index (χ3n) is 9.37. The molecule has 0 heterocycles. The number of aliphatic hydroxyl groups is 12. The maximum atomic E-state index is 13.4. The number of allylic oxidation sites excluding steroid dienone is 2. The summed E-state index contributed by atoms with van der Waals surface area (Å²) in [6.45, 7) is -3.94. The fourth-order valence-electron chi connectivity index (χ4n) is 6.56. The molecule has 0 bridgehead atoms. The first-order valence-electron chi connectivity index (χ1n) is 18.5. The standard InChI is InChI=1S/C36H70O14/c37-19-27(43)14-12-10-8-6-4-2-1-3-5-7-9-11-13-26(15-28(44)20-38)33(16-29(45)21-39)34(17-30(46)22-40)35(18-31(47)23-41)36(49)50-25-32(48)24-42/h5,7,26-35,37-48H,1-4,6,8-25H2/b7-5+. The van der Waals surface area contributed by atoms with Crippen LogP contribution in [0.4, 0.5) is 0 Å². The SMILES string of the molecule is O=C(OCC(O)CO)C(CC(O)CO)C(CC(O)CO)C(CC(O)CO)C(CCC/C=C/CCCCCCCCCC(O)CO)CC(O)CO. The molecule has 0 aromatic heterocycles. The van der Waals surface area contributed by atoms with Gasteiger partial charge in [0.25, 0.3) is 0 Å². The highest BCUT2D eigenvalue weighted by molar-refractivity contribution is 5.73. The second kappa shape index (κ2) is 31.3. The summed E-state index contributed by atoms with van der Waals surface area (Å²) in [6, 6.07) is 0. The number of carbonyl (C=O) groups excluding carboxylic acids is 1. The minimum Gasteiger partial charge on any atom is -0.463 e. The highest BCUT2D eigenvalue weighted by atomic mass is 16.5. The molecule has 0 aliphatic carbocycles. The van der Waals surface area contributed by atoms with Crippen LogP contribution in [0.25, 0.3) is 0 Å². The van der Waals surface area contributed by atoms with Crippen LogP contribution in [-0.4, -0.2) is 150 Å². The number of hydrogen-bond acceptors (Lipinski definition) is 14. The van der Waals surface area contributed by atoms with Gasteiger partial charge in [0.15, 0.2) is 0 Å². The van der Waals surface area contributed by atoms with Crippen molar-refractivity contribution in [3.05, 3.63) is 12.2 Å². The second-order valence-electron chi connectivity index (χ2n) is 13.7. The Morgan fingerprint density at radius 3 is 1.44 bits per heavy atom. The van der Waals surface area contributed by atoms with Crippen LogP contribution in [0.1, 0.15) is 103 Å². The van der Waals surface area contributed by atoms with Crippen LogP contribution in [0.2, 0.25) is 0 Å². The topological polar surface area (TPSA) is 269 Å². The molecule has 0 spiro atoms. The Labute approximate surface area is 298 Å². The number of aliphatic hydroxyl groups excluding tert-OH is 12. The number of unbranched alkanes of at least 4 members (excludes halogenated alkanes) is 8. The number of ether oxygens (including phenoxy) is 1. The molecule has 14 heteroatoms. The van der Waals surface area contributed by atoms with Crippen LogP contribution >= 0.6 is 0 Å². The van der Waals surface area contributed by atoms with E-state index in [0.717, 1.165) is 51.4 Å². The molecule has 0 aliphatic rings. The minimum absolute atomic E-state index is 0.0598. The summed E-state index contributed by atoms with van der Waals surface area (Å²) in [7, 11) is 0. The van der Waals surface area contributed by atoms with Crippen LogP contribution in [-0.2, 0) is 9.53 Å². The zero-order chi connectivity index (χ0) is 37.7. The zero-order valence-corrected chi connectivity index (χ0v) is 29.9. The van der Waals surface area contributed by atoms with Gasteiger partial charge in [-0.3, -0.25) is 4.79 Å². The normalized spacial score (nSPS) is 18.2. The van der Waals surface area contributed by atoms with Crippen molar-refractivity contribution in [3.63, 3.8) is 0 Å². The molecule has 0 saturated heterocycles. The summed E-state index contributed by atoms with van der Waals surface area (Å²) in [6.07, 6.45) is 7.37. The lowest BCUT2D eigenvalue weighted by atomic mass is 9.66. The van der Waals surface area contributed by atoms with E-state index in [4.69, 9.17) is 9.84 Å². The van der Waals surface area contributed by atoms with E-state index in [1.807, 2.05) is 0 Å². The number of carbonyl (C=O) groups is 1. The second-order valence-corrected chi connectivity index (χ2v) is 13.7. The van der Waals surface area contributed by atoms with E-state index in [9.17, 15) is 61.0 Å². The Kier molecular flexibility index (Phi) is 30.5. The molecule has 298 valence electrons. The third kappa shape index (κ3) is 23.3. The highest BCUT2D eigenvalue weighted by Crippen LogP contribution is 2.41. The average molecular weight is 727 g/mol. The van der Waals surface area contributed by atoms with Gasteiger partial charge in [-0.1, -0.05) is 50.7 Å². The quantitative estimate of drug-likeness (QED) is 0.0235. The van der Waals surface area contributed by atoms with Gasteiger partial charge in [0, 0.05) is 0 Å². The predicted molar refractivity (Wildman–Crippen MR) is 186 cm³/mol. The summed E-state index contributed by atoms with van der Waals surface area (Å²) >= 11 is 0. The van der Waals surface area contributed by atoms with E-state index in [-0.39, 0.29) is 32.3 Å². The van der Waals surface area contributed by atoms with Crippen molar-refractivity contribution in [1.82, 2.24) is 0 Å². The van der Waals surface area contributed by atoms with Crippen molar-refractivity contribution in [2.45, 2.75) is 139 Å². The molecule has 0 saturated carbocycles. The molecule has 0 aromatic rings. The van der Waals surface area contributed by atoms with Crippen molar-refractivity contribution in [2.75, 3.05) is 46.2 Å². The van der Waals surface area contributed by atoms with Gasteiger partial charge in [0.2, 0.25) is 0 Å². The molecular formula is C36H70O14. The summed E-state index contributed by atoms with van der Waals surface area (Å²) in [5.74, 6) is -4.18. The fraction of sp³-hybridized carbons (Fsp3) is 0.917. The van der Waals surface area contributed by atoms with Crippen LogP contribution in [0.5, 0.6) is 0 Å². The van der Waals surface area contributed by atoms with E-state index in [1.54, 1.807) is 0 Å². The largest absolute Gasteiger partial charge is 0.463 e. The Morgan fingerprint density at radius 1 is 0.460 bits per heavy atom. The van der Waals surface area contributed by atoms with Gasteiger partial charge in [0.1, 0.15) is 12.7 Å². The molecule has 0 radical (unpaired) electrons. The van der Waals surface area contributed by atoms with Crippen LogP contribution in [0, 0.1) is 23.7 Å². The first kappa shape index (κ1) is 48.7. The minimum atomic E-state index is -1.38. The lowest BCUT2D eigenvalue weighted by Crippen LogP contribution is -2.42. The molecule has 14 nitrogen and oxygen atoms in total. The Bertz CT molecular complexity index is 818. The number of esters is 1. The summed E-state index contributed by atoms with van der Waals surface area (Å²) in [5, 5.41) is 118. The highest BCUT2D eigenvalue weighted by Gasteiger charge is 2.42. The van der Waals surface area contributed by atoms with E-state index in [2.05, 4.69) is 12.2 Å². The van der Waals surface area contributed by atoms with Gasteiger partial charge < -0.3 is 66.0 Å². The number of hydrogen-bond donors (Lipinski definition) is 12. The molecule has 12 N–H and O–H groups in total. The lowest BCUT2D eigenvalue weighted by molar-refractivity contribution is -0.158. The van der Waals surface area contributed by atoms with Crippen molar-refractivity contribution in [2.24, 2.45) is 23.7 Å². The Morgan fingerprint density at radius 2 is 0.900 bits per heavy atom. The predicted octanol–water partition coefficient (Wildman–Crippen LogP) is -0.0886.